The van der Waals surface area contributed by atoms with Gasteiger partial charge in [0.1, 0.15) is 23.0 Å². The number of carbonyl (C=O) groups is 2. The van der Waals surface area contributed by atoms with E-state index in [0.717, 1.165) is 11.1 Å². The van der Waals surface area contributed by atoms with E-state index in [4.69, 9.17) is 9.47 Å². The molecule has 4 rings (SSSR count). The Hall–Kier alpha value is -4.58. The second-order valence-electron chi connectivity index (χ2n) is 7.34. The van der Waals surface area contributed by atoms with Gasteiger partial charge in [-0.1, -0.05) is 52.0 Å². The normalized spacial score (nSPS) is 9.62. The van der Waals surface area contributed by atoms with Crippen molar-refractivity contribution < 1.29 is 29.3 Å². The molecule has 0 heterocycles. The van der Waals surface area contributed by atoms with Crippen molar-refractivity contribution in [3.63, 3.8) is 0 Å². The van der Waals surface area contributed by atoms with Gasteiger partial charge < -0.3 is 19.7 Å². The summed E-state index contributed by atoms with van der Waals surface area (Å²) in [7, 11) is 0. The van der Waals surface area contributed by atoms with Crippen molar-refractivity contribution in [3.8, 4) is 23.0 Å². The number of rotatable bonds is 6. The summed E-state index contributed by atoms with van der Waals surface area (Å²) in [5, 5.41) is 18.6. The van der Waals surface area contributed by atoms with Crippen LogP contribution in [0, 0.1) is 0 Å². The zero-order valence-electron chi connectivity index (χ0n) is 21.5. The molecule has 6 heteroatoms. The van der Waals surface area contributed by atoms with E-state index in [1.54, 1.807) is 24.3 Å². The summed E-state index contributed by atoms with van der Waals surface area (Å²) >= 11 is 0. The summed E-state index contributed by atoms with van der Waals surface area (Å²) in [5.74, 6) is 0.0147. The standard InChI is InChI=1S/C27H20O6.2C2H6/c28-22-9-5-20(6-10-22)26(30)32-24-13-1-18(2-14-24)17-19-3-15-25(16-4-19)33-27(31)21-7-11-23(29)12-8-21;2*1-2/h1-16,28-29H,17H2;2*1-2H3. The van der Waals surface area contributed by atoms with E-state index >= 15 is 0 Å². The molecule has 0 aliphatic heterocycles. The predicted molar refractivity (Wildman–Crippen MR) is 145 cm³/mol. The van der Waals surface area contributed by atoms with Gasteiger partial charge in [0, 0.05) is 0 Å². The lowest BCUT2D eigenvalue weighted by molar-refractivity contribution is 0.0725. The van der Waals surface area contributed by atoms with Gasteiger partial charge in [-0.25, -0.2) is 9.59 Å². The first kappa shape index (κ1) is 28.7. The van der Waals surface area contributed by atoms with E-state index in [9.17, 15) is 19.8 Å². The lowest BCUT2D eigenvalue weighted by Crippen LogP contribution is -2.08. The van der Waals surface area contributed by atoms with Crippen LogP contribution in [0.3, 0.4) is 0 Å². The first-order valence-electron chi connectivity index (χ1n) is 12.2. The van der Waals surface area contributed by atoms with Crippen LogP contribution in [-0.4, -0.2) is 22.2 Å². The van der Waals surface area contributed by atoms with Crippen LogP contribution >= 0.6 is 0 Å². The summed E-state index contributed by atoms with van der Waals surface area (Å²) in [5.41, 5.74) is 2.74. The molecule has 0 saturated carbocycles. The minimum absolute atomic E-state index is 0.0828. The van der Waals surface area contributed by atoms with Crippen LogP contribution in [0.2, 0.25) is 0 Å². The number of aromatic hydroxyl groups is 2. The third kappa shape index (κ3) is 8.85. The average Bonchev–Trinajstić information content (AvgIpc) is 2.94. The van der Waals surface area contributed by atoms with E-state index < -0.39 is 11.9 Å². The van der Waals surface area contributed by atoms with Crippen LogP contribution in [0.15, 0.2) is 97.1 Å². The fraction of sp³-hybridized carbons (Fsp3) is 0.161. The number of hydrogen-bond donors (Lipinski definition) is 2. The van der Waals surface area contributed by atoms with E-state index in [2.05, 4.69) is 0 Å². The molecule has 2 N–H and O–H groups in total. The molecule has 0 saturated heterocycles. The highest BCUT2D eigenvalue weighted by Crippen LogP contribution is 2.20. The first-order chi connectivity index (χ1) is 18.0. The lowest BCUT2D eigenvalue weighted by atomic mass is 10.0. The van der Waals surface area contributed by atoms with Crippen molar-refractivity contribution in [2.45, 2.75) is 34.1 Å². The zero-order valence-corrected chi connectivity index (χ0v) is 21.5. The number of carbonyl (C=O) groups excluding carboxylic acids is 2. The number of phenolic OH excluding ortho intramolecular Hbond substituents is 2. The van der Waals surface area contributed by atoms with Crippen molar-refractivity contribution in [2.75, 3.05) is 0 Å². The largest absolute Gasteiger partial charge is 0.508 e. The fourth-order valence-electron chi connectivity index (χ4n) is 3.11. The summed E-state index contributed by atoms with van der Waals surface area (Å²) in [6.07, 6.45) is 0.651. The molecule has 0 aliphatic carbocycles. The molecule has 0 unspecified atom stereocenters. The minimum atomic E-state index is -0.500. The first-order valence-corrected chi connectivity index (χ1v) is 12.2. The van der Waals surface area contributed by atoms with E-state index in [0.29, 0.717) is 29.0 Å². The molecular formula is C31H32O6. The fourth-order valence-corrected chi connectivity index (χ4v) is 3.11. The number of phenols is 2. The van der Waals surface area contributed by atoms with Crippen molar-refractivity contribution in [3.05, 3.63) is 119 Å². The maximum absolute atomic E-state index is 12.2. The molecule has 6 nitrogen and oxygen atoms in total. The Labute approximate surface area is 217 Å². The molecule has 37 heavy (non-hydrogen) atoms. The molecule has 0 fully saturated rings. The summed E-state index contributed by atoms with van der Waals surface area (Å²) in [6, 6.07) is 26.1. The second-order valence-corrected chi connectivity index (χ2v) is 7.34. The molecule has 0 aromatic heterocycles. The molecule has 0 bridgehead atoms. The molecule has 0 radical (unpaired) electrons. The van der Waals surface area contributed by atoms with Crippen molar-refractivity contribution >= 4 is 11.9 Å². The van der Waals surface area contributed by atoms with Crippen LogP contribution in [0.4, 0.5) is 0 Å². The molecule has 0 spiro atoms. The molecule has 4 aromatic rings. The van der Waals surface area contributed by atoms with E-state index in [1.165, 1.54) is 48.5 Å². The highest BCUT2D eigenvalue weighted by atomic mass is 16.5. The lowest BCUT2D eigenvalue weighted by Gasteiger charge is -2.08. The number of hydrogen-bond acceptors (Lipinski definition) is 6. The third-order valence-electron chi connectivity index (χ3n) is 4.88. The Morgan fingerprint density at radius 3 is 1.11 bits per heavy atom. The Kier molecular flexibility index (Phi) is 11.4. The Bertz CT molecular complexity index is 1140. The smallest absolute Gasteiger partial charge is 0.343 e. The topological polar surface area (TPSA) is 93.1 Å². The monoisotopic (exact) mass is 500 g/mol. The Morgan fingerprint density at radius 2 is 0.811 bits per heavy atom. The SMILES string of the molecule is CC.CC.O=C(Oc1ccc(Cc2ccc(OC(=O)c3ccc(O)cc3)cc2)cc1)c1ccc(O)cc1. The molecule has 4 aromatic carbocycles. The molecule has 192 valence electrons. The minimum Gasteiger partial charge on any atom is -0.508 e. The number of benzene rings is 4. The Balaban J connectivity index is 0.00000115. The van der Waals surface area contributed by atoms with Gasteiger partial charge in [-0.3, -0.25) is 0 Å². The van der Waals surface area contributed by atoms with Gasteiger partial charge in [0.2, 0.25) is 0 Å². The average molecular weight is 501 g/mol. The maximum atomic E-state index is 12.2. The van der Waals surface area contributed by atoms with Crippen LogP contribution < -0.4 is 9.47 Å². The van der Waals surface area contributed by atoms with Gasteiger partial charge in [-0.05, 0) is 90.3 Å². The van der Waals surface area contributed by atoms with Gasteiger partial charge in [0.05, 0.1) is 11.1 Å². The summed E-state index contributed by atoms with van der Waals surface area (Å²) in [4.78, 5) is 24.3. The van der Waals surface area contributed by atoms with Gasteiger partial charge in [-0.15, -0.1) is 0 Å². The van der Waals surface area contributed by atoms with Crippen molar-refractivity contribution in [2.24, 2.45) is 0 Å². The van der Waals surface area contributed by atoms with Crippen LogP contribution in [0.25, 0.3) is 0 Å². The molecule has 0 aliphatic rings. The van der Waals surface area contributed by atoms with Crippen LogP contribution in [-0.2, 0) is 6.42 Å². The zero-order chi connectivity index (χ0) is 27.2. The van der Waals surface area contributed by atoms with Gasteiger partial charge >= 0.3 is 11.9 Å². The van der Waals surface area contributed by atoms with Gasteiger partial charge in [-0.2, -0.15) is 0 Å². The number of ether oxygens (including phenoxy) is 2. The van der Waals surface area contributed by atoms with Crippen LogP contribution in [0.5, 0.6) is 23.0 Å². The second kappa shape index (κ2) is 14.7. The molecule has 0 amide bonds. The summed E-state index contributed by atoms with van der Waals surface area (Å²) < 4.78 is 10.7. The van der Waals surface area contributed by atoms with Crippen LogP contribution in [0.1, 0.15) is 59.5 Å². The predicted octanol–water partition coefficient (Wildman–Crippen LogP) is 7.18. The molecule has 0 atom stereocenters. The number of esters is 2. The summed E-state index contributed by atoms with van der Waals surface area (Å²) in [6.45, 7) is 8.00. The third-order valence-corrected chi connectivity index (χ3v) is 4.88. The quantitative estimate of drug-likeness (QED) is 0.215. The van der Waals surface area contributed by atoms with Gasteiger partial charge in [0.15, 0.2) is 0 Å². The highest BCUT2D eigenvalue weighted by Gasteiger charge is 2.10. The van der Waals surface area contributed by atoms with Crippen molar-refractivity contribution in [1.29, 1.82) is 0 Å². The maximum Gasteiger partial charge on any atom is 0.343 e. The van der Waals surface area contributed by atoms with E-state index in [-0.39, 0.29) is 11.5 Å². The van der Waals surface area contributed by atoms with Crippen molar-refractivity contribution in [1.82, 2.24) is 0 Å². The highest BCUT2D eigenvalue weighted by molar-refractivity contribution is 5.91. The van der Waals surface area contributed by atoms with E-state index in [1.807, 2.05) is 52.0 Å². The Morgan fingerprint density at radius 1 is 0.514 bits per heavy atom. The molecular weight excluding hydrogens is 468 g/mol. The van der Waals surface area contributed by atoms with Gasteiger partial charge in [0.25, 0.3) is 0 Å².